The van der Waals surface area contributed by atoms with Crippen LogP contribution in [-0.4, -0.2) is 24.2 Å². The Morgan fingerprint density at radius 2 is 2.00 bits per heavy atom. The highest BCUT2D eigenvalue weighted by molar-refractivity contribution is 6.63. The highest BCUT2D eigenvalue weighted by Crippen LogP contribution is 2.62. The third-order valence-electron chi connectivity index (χ3n) is 6.55. The van der Waals surface area contributed by atoms with E-state index in [0.29, 0.717) is 37.4 Å². The van der Waals surface area contributed by atoms with E-state index in [2.05, 4.69) is 20.4 Å². The molecule has 4 atom stereocenters. The molecule has 0 spiro atoms. The molecular formula is C18H27ClO3. The van der Waals surface area contributed by atoms with Gasteiger partial charge in [-0.1, -0.05) is 19.1 Å². The number of halogens is 1. The van der Waals surface area contributed by atoms with Crippen LogP contribution in [0.5, 0.6) is 0 Å². The molecular weight excluding hydrogens is 300 g/mol. The molecule has 3 nitrogen and oxygen atoms in total. The predicted molar refractivity (Wildman–Crippen MR) is 86.6 cm³/mol. The molecule has 2 saturated carbocycles. The van der Waals surface area contributed by atoms with E-state index in [1.165, 1.54) is 12.0 Å². The van der Waals surface area contributed by atoms with Crippen molar-refractivity contribution in [3.8, 4) is 0 Å². The Kier molecular flexibility index (Phi) is 4.43. The third kappa shape index (κ3) is 2.65. The van der Waals surface area contributed by atoms with Crippen molar-refractivity contribution in [1.29, 1.82) is 0 Å². The molecule has 4 unspecified atom stereocenters. The van der Waals surface area contributed by atoms with Gasteiger partial charge in [-0.3, -0.25) is 4.79 Å². The van der Waals surface area contributed by atoms with Crippen LogP contribution in [0.25, 0.3) is 0 Å². The highest BCUT2D eigenvalue weighted by Gasteiger charge is 2.59. The number of allylic oxidation sites excluding steroid dienone is 1. The fourth-order valence-electron chi connectivity index (χ4n) is 5.45. The van der Waals surface area contributed by atoms with Crippen molar-refractivity contribution >= 4 is 16.8 Å². The number of fused-ring (bicyclic) bond motifs is 1. The molecule has 0 bridgehead atoms. The smallest absolute Gasteiger partial charge is 0.221 e. The molecule has 0 radical (unpaired) electrons. The second-order valence-electron chi connectivity index (χ2n) is 7.61. The van der Waals surface area contributed by atoms with Crippen LogP contribution in [0.15, 0.2) is 12.2 Å². The summed E-state index contributed by atoms with van der Waals surface area (Å²) >= 11 is 5.57. The fraction of sp³-hybridized carbons (Fsp3) is 0.833. The average Bonchev–Trinajstić information content (AvgIpc) is 3.03. The molecule has 124 valence electrons. The molecule has 0 amide bonds. The summed E-state index contributed by atoms with van der Waals surface area (Å²) in [4.78, 5) is 11.2. The lowest BCUT2D eigenvalue weighted by atomic mass is 9.58. The molecule has 1 aliphatic heterocycles. The van der Waals surface area contributed by atoms with Gasteiger partial charge in [0.05, 0.1) is 13.2 Å². The zero-order chi connectivity index (χ0) is 16.0. The first-order chi connectivity index (χ1) is 10.4. The van der Waals surface area contributed by atoms with Gasteiger partial charge in [-0.15, -0.1) is 0 Å². The van der Waals surface area contributed by atoms with E-state index in [4.69, 9.17) is 21.1 Å². The van der Waals surface area contributed by atoms with Crippen LogP contribution < -0.4 is 0 Å². The molecule has 0 aromatic heterocycles. The Morgan fingerprint density at radius 1 is 1.32 bits per heavy atom. The standard InChI is InChI=1S/C18H27ClO3/c1-12-8-9-17(2)14(13(12)4-7-16(19)20)5-6-15(17)18(3)21-10-11-22-18/h13-15H,1,4-11H2,2-3H3. The first kappa shape index (κ1) is 16.5. The van der Waals surface area contributed by atoms with E-state index in [9.17, 15) is 4.79 Å². The van der Waals surface area contributed by atoms with Gasteiger partial charge in [0.15, 0.2) is 5.79 Å². The summed E-state index contributed by atoms with van der Waals surface area (Å²) in [6, 6.07) is 0. The van der Waals surface area contributed by atoms with E-state index < -0.39 is 5.79 Å². The Bertz CT molecular complexity index is 469. The SMILES string of the molecule is C=C1CCC2(C)C(CCC2C2(C)OCCO2)C1CCC(=O)Cl. The van der Waals surface area contributed by atoms with Crippen molar-refractivity contribution < 1.29 is 14.3 Å². The first-order valence-electron chi connectivity index (χ1n) is 8.51. The third-order valence-corrected chi connectivity index (χ3v) is 6.74. The van der Waals surface area contributed by atoms with Crippen LogP contribution in [0.1, 0.15) is 52.4 Å². The van der Waals surface area contributed by atoms with Crippen LogP contribution in [0.4, 0.5) is 0 Å². The Morgan fingerprint density at radius 3 is 2.64 bits per heavy atom. The van der Waals surface area contributed by atoms with Crippen LogP contribution in [0.3, 0.4) is 0 Å². The maximum atomic E-state index is 11.2. The van der Waals surface area contributed by atoms with Gasteiger partial charge in [0, 0.05) is 12.3 Å². The largest absolute Gasteiger partial charge is 0.348 e. The molecule has 0 aromatic rings. The molecule has 3 aliphatic rings. The van der Waals surface area contributed by atoms with Crippen molar-refractivity contribution in [3.05, 3.63) is 12.2 Å². The minimum absolute atomic E-state index is 0.209. The lowest BCUT2D eigenvalue weighted by Crippen LogP contribution is -2.47. The predicted octanol–water partition coefficient (Wildman–Crippen LogP) is 4.29. The van der Waals surface area contributed by atoms with Crippen LogP contribution in [0, 0.1) is 23.2 Å². The van der Waals surface area contributed by atoms with Gasteiger partial charge in [-0.25, -0.2) is 0 Å². The molecule has 2 aliphatic carbocycles. The molecule has 0 N–H and O–H groups in total. The molecule has 0 aromatic carbocycles. The zero-order valence-corrected chi connectivity index (χ0v) is 14.5. The zero-order valence-electron chi connectivity index (χ0n) is 13.7. The molecule has 3 rings (SSSR count). The van der Waals surface area contributed by atoms with Crippen molar-refractivity contribution in [2.75, 3.05) is 13.2 Å². The van der Waals surface area contributed by atoms with E-state index in [1.807, 2.05) is 0 Å². The Labute approximate surface area is 138 Å². The number of hydrogen-bond acceptors (Lipinski definition) is 3. The lowest BCUT2D eigenvalue weighted by molar-refractivity contribution is -0.209. The van der Waals surface area contributed by atoms with Gasteiger partial charge < -0.3 is 9.47 Å². The maximum absolute atomic E-state index is 11.2. The Balaban J connectivity index is 1.81. The number of carbonyl (C=O) groups excluding carboxylic acids is 1. The lowest BCUT2D eigenvalue weighted by Gasteiger charge is -2.49. The summed E-state index contributed by atoms with van der Waals surface area (Å²) in [5.74, 6) is 0.973. The van der Waals surface area contributed by atoms with Crippen molar-refractivity contribution in [1.82, 2.24) is 0 Å². The summed E-state index contributed by atoms with van der Waals surface area (Å²) in [5.41, 5.74) is 1.51. The number of rotatable bonds is 4. The fourth-order valence-corrected chi connectivity index (χ4v) is 5.56. The summed E-state index contributed by atoms with van der Waals surface area (Å²) in [5, 5.41) is -0.232. The number of ether oxygens (including phenoxy) is 2. The quantitative estimate of drug-likeness (QED) is 0.571. The van der Waals surface area contributed by atoms with Crippen LogP contribution >= 0.6 is 11.6 Å². The van der Waals surface area contributed by atoms with Gasteiger partial charge in [0.25, 0.3) is 0 Å². The summed E-state index contributed by atoms with van der Waals surface area (Å²) in [6.07, 6.45) is 5.79. The number of hydrogen-bond donors (Lipinski definition) is 0. The van der Waals surface area contributed by atoms with Crippen molar-refractivity contribution in [2.24, 2.45) is 23.2 Å². The van der Waals surface area contributed by atoms with E-state index in [1.54, 1.807) is 0 Å². The van der Waals surface area contributed by atoms with E-state index in [-0.39, 0.29) is 10.7 Å². The second-order valence-corrected chi connectivity index (χ2v) is 8.04. The Hall–Kier alpha value is -0.380. The average molecular weight is 327 g/mol. The van der Waals surface area contributed by atoms with Crippen LogP contribution in [0.2, 0.25) is 0 Å². The van der Waals surface area contributed by atoms with Gasteiger partial charge in [-0.05, 0) is 67.9 Å². The van der Waals surface area contributed by atoms with E-state index in [0.717, 1.165) is 25.7 Å². The van der Waals surface area contributed by atoms with Crippen LogP contribution in [-0.2, 0) is 14.3 Å². The molecule has 1 saturated heterocycles. The summed E-state index contributed by atoms with van der Waals surface area (Å²) in [6.45, 7) is 10.2. The van der Waals surface area contributed by atoms with Gasteiger partial charge in [0.1, 0.15) is 0 Å². The van der Waals surface area contributed by atoms with E-state index >= 15 is 0 Å². The van der Waals surface area contributed by atoms with Crippen molar-refractivity contribution in [2.45, 2.75) is 58.2 Å². The maximum Gasteiger partial charge on any atom is 0.221 e. The topological polar surface area (TPSA) is 35.5 Å². The molecule has 4 heteroatoms. The molecule has 22 heavy (non-hydrogen) atoms. The van der Waals surface area contributed by atoms with Gasteiger partial charge in [0.2, 0.25) is 5.24 Å². The monoisotopic (exact) mass is 326 g/mol. The second kappa shape index (κ2) is 5.92. The summed E-state index contributed by atoms with van der Waals surface area (Å²) in [7, 11) is 0. The highest BCUT2D eigenvalue weighted by atomic mass is 35.5. The van der Waals surface area contributed by atoms with Gasteiger partial charge >= 0.3 is 0 Å². The minimum Gasteiger partial charge on any atom is -0.348 e. The minimum atomic E-state index is -0.435. The first-order valence-corrected chi connectivity index (χ1v) is 8.88. The molecule has 1 heterocycles. The summed E-state index contributed by atoms with van der Waals surface area (Å²) < 4.78 is 12.0. The molecule has 3 fully saturated rings. The normalized spacial score (nSPS) is 40.7. The van der Waals surface area contributed by atoms with Gasteiger partial charge in [-0.2, -0.15) is 0 Å². The number of carbonyl (C=O) groups is 1. The van der Waals surface area contributed by atoms with Crippen molar-refractivity contribution in [3.63, 3.8) is 0 Å².